The van der Waals surface area contributed by atoms with Gasteiger partial charge < -0.3 is 0 Å². The molecule has 104 valence electrons. The SMILES string of the molecule is CCCCC=Cc1ccc([C@H]2CC[C@H](F)CC2)cc1. The van der Waals surface area contributed by atoms with Gasteiger partial charge in [0.05, 0.1) is 0 Å². The maximum absolute atomic E-state index is 13.1. The molecule has 0 nitrogen and oxygen atoms in total. The van der Waals surface area contributed by atoms with Gasteiger partial charge in [-0.2, -0.15) is 0 Å². The van der Waals surface area contributed by atoms with Crippen LogP contribution in [0.5, 0.6) is 0 Å². The van der Waals surface area contributed by atoms with Gasteiger partial charge in [-0.05, 0) is 49.1 Å². The van der Waals surface area contributed by atoms with Crippen molar-refractivity contribution in [2.24, 2.45) is 0 Å². The fourth-order valence-corrected chi connectivity index (χ4v) is 2.81. The first-order valence-corrected chi connectivity index (χ1v) is 7.70. The van der Waals surface area contributed by atoms with Crippen molar-refractivity contribution >= 4 is 6.08 Å². The first-order valence-electron chi connectivity index (χ1n) is 7.70. The Kier molecular flexibility index (Phi) is 5.62. The Bertz CT molecular complexity index is 383. The van der Waals surface area contributed by atoms with Crippen molar-refractivity contribution < 1.29 is 4.39 Å². The molecule has 0 saturated heterocycles. The van der Waals surface area contributed by atoms with Crippen LogP contribution >= 0.6 is 0 Å². The number of benzene rings is 1. The molecule has 2 rings (SSSR count). The Morgan fingerprint density at radius 2 is 1.79 bits per heavy atom. The molecule has 1 aliphatic carbocycles. The Balaban J connectivity index is 1.89. The van der Waals surface area contributed by atoms with E-state index in [2.05, 4.69) is 43.3 Å². The van der Waals surface area contributed by atoms with Crippen molar-refractivity contribution in [3.63, 3.8) is 0 Å². The van der Waals surface area contributed by atoms with E-state index in [1.165, 1.54) is 30.4 Å². The predicted molar refractivity (Wildman–Crippen MR) is 81.1 cm³/mol. The quantitative estimate of drug-likeness (QED) is 0.579. The Labute approximate surface area is 116 Å². The van der Waals surface area contributed by atoms with Crippen LogP contribution in [0.4, 0.5) is 4.39 Å². The lowest BCUT2D eigenvalue weighted by Crippen LogP contribution is -2.13. The minimum absolute atomic E-state index is 0.558. The van der Waals surface area contributed by atoms with Crippen molar-refractivity contribution in [1.29, 1.82) is 0 Å². The molecule has 0 atom stereocenters. The highest BCUT2D eigenvalue weighted by atomic mass is 19.1. The third-order valence-corrected chi connectivity index (χ3v) is 4.10. The molecular formula is C18H25F. The van der Waals surface area contributed by atoms with Crippen LogP contribution in [0.15, 0.2) is 30.3 Å². The summed E-state index contributed by atoms with van der Waals surface area (Å²) in [5.41, 5.74) is 2.66. The number of unbranched alkanes of at least 4 members (excludes halogenated alkanes) is 2. The lowest BCUT2D eigenvalue weighted by atomic mass is 9.83. The molecule has 1 heteroatoms. The van der Waals surface area contributed by atoms with Gasteiger partial charge in [-0.25, -0.2) is 4.39 Å². The average molecular weight is 260 g/mol. The topological polar surface area (TPSA) is 0 Å². The van der Waals surface area contributed by atoms with E-state index in [-0.39, 0.29) is 0 Å². The number of alkyl halides is 1. The molecule has 1 aromatic carbocycles. The minimum Gasteiger partial charge on any atom is -0.247 e. The highest BCUT2D eigenvalue weighted by molar-refractivity contribution is 5.49. The zero-order valence-corrected chi connectivity index (χ0v) is 11.9. The molecule has 0 spiro atoms. The molecule has 0 bridgehead atoms. The highest BCUT2D eigenvalue weighted by Crippen LogP contribution is 2.34. The fourth-order valence-electron chi connectivity index (χ4n) is 2.81. The maximum atomic E-state index is 13.1. The van der Waals surface area contributed by atoms with Gasteiger partial charge in [0, 0.05) is 0 Å². The molecule has 1 aromatic rings. The van der Waals surface area contributed by atoms with Crippen LogP contribution in [0, 0.1) is 0 Å². The van der Waals surface area contributed by atoms with Crippen LogP contribution in [0.2, 0.25) is 0 Å². The summed E-state index contributed by atoms with van der Waals surface area (Å²) in [6, 6.07) is 8.84. The summed E-state index contributed by atoms with van der Waals surface area (Å²) in [6.07, 6.45) is 11.1. The Hall–Kier alpha value is -1.11. The summed E-state index contributed by atoms with van der Waals surface area (Å²) >= 11 is 0. The Morgan fingerprint density at radius 3 is 2.42 bits per heavy atom. The van der Waals surface area contributed by atoms with Gasteiger partial charge in [0.15, 0.2) is 0 Å². The van der Waals surface area contributed by atoms with Crippen molar-refractivity contribution in [3.8, 4) is 0 Å². The number of hydrogen-bond acceptors (Lipinski definition) is 0. The molecule has 0 unspecified atom stereocenters. The summed E-state index contributed by atoms with van der Waals surface area (Å²) < 4.78 is 13.1. The molecule has 1 saturated carbocycles. The molecule has 0 heterocycles. The first-order chi connectivity index (χ1) is 9.29. The summed E-state index contributed by atoms with van der Waals surface area (Å²) in [5.74, 6) is 0.574. The zero-order chi connectivity index (χ0) is 13.5. The van der Waals surface area contributed by atoms with Gasteiger partial charge >= 0.3 is 0 Å². The normalized spacial score (nSPS) is 23.9. The average Bonchev–Trinajstić information content (AvgIpc) is 2.45. The highest BCUT2D eigenvalue weighted by Gasteiger charge is 2.21. The van der Waals surface area contributed by atoms with Gasteiger partial charge in [0.2, 0.25) is 0 Å². The second-order valence-electron chi connectivity index (χ2n) is 5.66. The first kappa shape index (κ1) is 14.3. The van der Waals surface area contributed by atoms with Crippen LogP contribution in [0.3, 0.4) is 0 Å². The van der Waals surface area contributed by atoms with Gasteiger partial charge in [0.25, 0.3) is 0 Å². The molecule has 0 radical (unpaired) electrons. The molecule has 19 heavy (non-hydrogen) atoms. The number of rotatable bonds is 5. The predicted octanol–water partition coefficient (Wildman–Crippen LogP) is 5.89. The van der Waals surface area contributed by atoms with E-state index in [9.17, 15) is 4.39 Å². The number of allylic oxidation sites excluding steroid dienone is 1. The summed E-state index contributed by atoms with van der Waals surface area (Å²) in [7, 11) is 0. The lowest BCUT2D eigenvalue weighted by Gasteiger charge is -2.24. The van der Waals surface area contributed by atoms with E-state index < -0.39 is 6.17 Å². The molecule has 1 fully saturated rings. The summed E-state index contributed by atoms with van der Waals surface area (Å²) in [4.78, 5) is 0. The van der Waals surface area contributed by atoms with Crippen LogP contribution in [-0.2, 0) is 0 Å². The zero-order valence-electron chi connectivity index (χ0n) is 11.9. The standard InChI is InChI=1S/C18H25F/c1-2-3-4-5-6-15-7-9-16(10-8-15)17-11-13-18(19)14-12-17/h5-10,17-18H,2-4,11-14H2,1H3/t17-,18-. The van der Waals surface area contributed by atoms with Crippen molar-refractivity contribution in [2.75, 3.05) is 0 Å². The van der Waals surface area contributed by atoms with Crippen molar-refractivity contribution in [3.05, 3.63) is 41.5 Å². The molecule has 0 N–H and O–H groups in total. The van der Waals surface area contributed by atoms with Crippen LogP contribution in [-0.4, -0.2) is 6.17 Å². The van der Waals surface area contributed by atoms with Crippen LogP contribution in [0.25, 0.3) is 6.08 Å². The largest absolute Gasteiger partial charge is 0.247 e. The molecule has 0 aromatic heterocycles. The molecule has 0 amide bonds. The molecule has 0 aliphatic heterocycles. The third-order valence-electron chi connectivity index (χ3n) is 4.10. The monoisotopic (exact) mass is 260 g/mol. The summed E-state index contributed by atoms with van der Waals surface area (Å²) in [5, 5.41) is 0. The van der Waals surface area contributed by atoms with Crippen molar-refractivity contribution in [1.82, 2.24) is 0 Å². The van der Waals surface area contributed by atoms with E-state index in [1.807, 2.05) is 0 Å². The van der Waals surface area contributed by atoms with Crippen LogP contribution < -0.4 is 0 Å². The van der Waals surface area contributed by atoms with E-state index >= 15 is 0 Å². The van der Waals surface area contributed by atoms with Gasteiger partial charge in [-0.1, -0.05) is 56.2 Å². The number of halogens is 1. The molecule has 1 aliphatic rings. The molecular weight excluding hydrogens is 235 g/mol. The van der Waals surface area contributed by atoms with Gasteiger partial charge in [-0.3, -0.25) is 0 Å². The van der Waals surface area contributed by atoms with E-state index in [1.54, 1.807) is 0 Å². The smallest absolute Gasteiger partial charge is 0.100 e. The maximum Gasteiger partial charge on any atom is 0.100 e. The Morgan fingerprint density at radius 1 is 1.11 bits per heavy atom. The van der Waals surface area contributed by atoms with Gasteiger partial charge in [-0.15, -0.1) is 0 Å². The lowest BCUT2D eigenvalue weighted by molar-refractivity contribution is 0.235. The second kappa shape index (κ2) is 7.47. The van der Waals surface area contributed by atoms with E-state index in [0.717, 1.165) is 25.7 Å². The van der Waals surface area contributed by atoms with Crippen LogP contribution in [0.1, 0.15) is 68.9 Å². The van der Waals surface area contributed by atoms with Crippen molar-refractivity contribution in [2.45, 2.75) is 64.0 Å². The summed E-state index contributed by atoms with van der Waals surface area (Å²) in [6.45, 7) is 2.22. The van der Waals surface area contributed by atoms with E-state index in [4.69, 9.17) is 0 Å². The van der Waals surface area contributed by atoms with E-state index in [0.29, 0.717) is 5.92 Å². The number of hydrogen-bond donors (Lipinski definition) is 0. The third kappa shape index (κ3) is 4.49. The fraction of sp³-hybridized carbons (Fsp3) is 0.556. The van der Waals surface area contributed by atoms with Gasteiger partial charge in [0.1, 0.15) is 6.17 Å². The minimum atomic E-state index is -0.558. The second-order valence-corrected chi connectivity index (χ2v) is 5.66.